The van der Waals surface area contributed by atoms with E-state index in [1.54, 1.807) is 0 Å². The Morgan fingerprint density at radius 1 is 0.714 bits per heavy atom. The number of anilines is 1. The summed E-state index contributed by atoms with van der Waals surface area (Å²) >= 11 is 0. The van der Waals surface area contributed by atoms with Crippen LogP contribution in [0.15, 0.2) is 169 Å². The van der Waals surface area contributed by atoms with Crippen molar-refractivity contribution in [1.29, 1.82) is 5.26 Å². The number of hydrogen-bond donors (Lipinski definition) is 3. The van der Waals surface area contributed by atoms with Crippen LogP contribution in [0, 0.1) is 17.2 Å². The number of hydrogen-bond acceptors (Lipinski definition) is 3. The second kappa shape index (κ2) is 13.4. The highest BCUT2D eigenvalue weighted by molar-refractivity contribution is 6.02. The summed E-state index contributed by atoms with van der Waals surface area (Å²) in [6.07, 6.45) is 0.760. The minimum absolute atomic E-state index is 0.109. The van der Waals surface area contributed by atoms with E-state index in [9.17, 15) is 5.26 Å². The summed E-state index contributed by atoms with van der Waals surface area (Å²) in [5, 5.41) is 22.1. The highest BCUT2D eigenvalue weighted by Crippen LogP contribution is 2.53. The Labute approximate surface area is 328 Å². The standard InChI is InChI=1S/C51H43N5/c1-32-27-44-45(49-46(32)51(2,3)41-24-14-15-25-42(41)53-49)39-23-13-16-26-43(39)56(44)38-29-36(33-17-7-4-8-18-33)28-37(30-38)50-54-47(34-19-9-5-10-20-34)40(31-52)48(55-50)35-21-11-6-12-22-35/h4-26,28-30,32,47,50,53-55H,27H2,1-3H3/p+1. The predicted molar refractivity (Wildman–Crippen MR) is 228 cm³/mol. The van der Waals surface area contributed by atoms with Gasteiger partial charge in [0.25, 0.3) is 0 Å². The van der Waals surface area contributed by atoms with Crippen molar-refractivity contribution in [2.24, 2.45) is 5.92 Å². The summed E-state index contributed by atoms with van der Waals surface area (Å²) in [6.45, 7) is 7.19. The van der Waals surface area contributed by atoms with Gasteiger partial charge in [-0.3, -0.25) is 10.6 Å². The van der Waals surface area contributed by atoms with Gasteiger partial charge >= 0.3 is 0 Å². The molecule has 0 radical (unpaired) electrons. The van der Waals surface area contributed by atoms with E-state index in [1.807, 2.05) is 12.1 Å². The molecule has 6 aromatic carbocycles. The smallest absolute Gasteiger partial charge is 0.171 e. The largest absolute Gasteiger partial charge is 0.355 e. The highest BCUT2D eigenvalue weighted by Gasteiger charge is 2.42. The van der Waals surface area contributed by atoms with Crippen LogP contribution in [0.2, 0.25) is 0 Å². The SMILES string of the molecule is CC1Cc2c(c3ccccc3n2-c2cc(-c3ccccc3)cc(C3NC(c4ccccc4)C(C#N)=C(c4ccccc4)[NH2+]3)c2)C2=C1C(C)(C)c1ccccc1N2. The highest BCUT2D eigenvalue weighted by atomic mass is 15.2. The predicted octanol–water partition coefficient (Wildman–Crippen LogP) is 10.4. The van der Waals surface area contributed by atoms with Crippen molar-refractivity contribution in [3.05, 3.63) is 202 Å². The third-order valence-corrected chi connectivity index (χ3v) is 12.3. The number of aromatic nitrogens is 1. The third kappa shape index (κ3) is 5.45. The molecule has 272 valence electrons. The Balaban J connectivity index is 1.19. The summed E-state index contributed by atoms with van der Waals surface area (Å²) in [5.41, 5.74) is 17.4. The number of nitriles is 1. The number of rotatable bonds is 5. The molecule has 4 N–H and O–H groups in total. The normalized spacial score (nSPS) is 19.8. The maximum Gasteiger partial charge on any atom is 0.171 e. The zero-order valence-electron chi connectivity index (χ0n) is 31.9. The van der Waals surface area contributed by atoms with Crippen molar-refractivity contribution in [3.8, 4) is 22.9 Å². The van der Waals surface area contributed by atoms with E-state index in [0.717, 1.165) is 45.6 Å². The summed E-state index contributed by atoms with van der Waals surface area (Å²) in [5.74, 6) is 0.330. The quantitative estimate of drug-likeness (QED) is 0.165. The molecule has 3 heterocycles. The first-order valence-electron chi connectivity index (χ1n) is 19.7. The van der Waals surface area contributed by atoms with Gasteiger partial charge in [-0.15, -0.1) is 0 Å². The number of allylic oxidation sites excluding steroid dienone is 1. The van der Waals surface area contributed by atoms with Gasteiger partial charge in [-0.2, -0.15) is 5.26 Å². The molecule has 1 aliphatic carbocycles. The molecule has 0 bridgehead atoms. The Hall–Kier alpha value is -6.45. The van der Waals surface area contributed by atoms with Crippen LogP contribution in [0.3, 0.4) is 0 Å². The van der Waals surface area contributed by atoms with E-state index in [4.69, 9.17) is 0 Å². The van der Waals surface area contributed by atoms with E-state index in [1.165, 1.54) is 50.2 Å². The summed E-state index contributed by atoms with van der Waals surface area (Å²) < 4.78 is 2.53. The average molecular weight is 727 g/mol. The second-order valence-electron chi connectivity index (χ2n) is 16.0. The molecular weight excluding hydrogens is 683 g/mol. The molecule has 1 aromatic heterocycles. The first-order valence-corrected chi connectivity index (χ1v) is 19.7. The van der Waals surface area contributed by atoms with E-state index < -0.39 is 0 Å². The van der Waals surface area contributed by atoms with Crippen LogP contribution >= 0.6 is 0 Å². The van der Waals surface area contributed by atoms with Crippen LogP contribution in [0.1, 0.15) is 66.5 Å². The lowest BCUT2D eigenvalue weighted by Gasteiger charge is -2.43. The van der Waals surface area contributed by atoms with Gasteiger partial charge in [0.1, 0.15) is 11.6 Å². The number of quaternary nitrogens is 1. The number of benzene rings is 6. The average Bonchev–Trinajstić information content (AvgIpc) is 3.58. The molecule has 0 amide bonds. The van der Waals surface area contributed by atoms with Crippen molar-refractivity contribution >= 4 is 28.0 Å². The number of fused-ring (bicyclic) bond motifs is 5. The lowest BCUT2D eigenvalue weighted by molar-refractivity contribution is -0.621. The van der Waals surface area contributed by atoms with Crippen molar-refractivity contribution in [3.63, 3.8) is 0 Å². The van der Waals surface area contributed by atoms with Crippen molar-refractivity contribution < 1.29 is 5.32 Å². The molecule has 3 atom stereocenters. The maximum absolute atomic E-state index is 10.7. The first-order chi connectivity index (χ1) is 27.4. The van der Waals surface area contributed by atoms with Gasteiger partial charge < -0.3 is 9.88 Å². The van der Waals surface area contributed by atoms with Crippen LogP contribution in [0.25, 0.3) is 39.1 Å². The fraction of sp³-hybridized carbons (Fsp3) is 0.157. The monoisotopic (exact) mass is 726 g/mol. The molecule has 7 aromatic rings. The minimum Gasteiger partial charge on any atom is -0.355 e. The summed E-state index contributed by atoms with van der Waals surface area (Å²) in [7, 11) is 0. The molecule has 3 aliphatic rings. The van der Waals surface area contributed by atoms with E-state index >= 15 is 0 Å². The minimum atomic E-state index is -0.273. The van der Waals surface area contributed by atoms with Gasteiger partial charge in [0.2, 0.25) is 0 Å². The Morgan fingerprint density at radius 3 is 2.12 bits per heavy atom. The van der Waals surface area contributed by atoms with Gasteiger partial charge in [-0.1, -0.05) is 136 Å². The van der Waals surface area contributed by atoms with Crippen LogP contribution in [-0.2, 0) is 11.8 Å². The van der Waals surface area contributed by atoms with Crippen LogP contribution < -0.4 is 16.0 Å². The Morgan fingerprint density at radius 2 is 1.38 bits per heavy atom. The number of para-hydroxylation sites is 2. The van der Waals surface area contributed by atoms with Crippen LogP contribution in [0.4, 0.5) is 5.69 Å². The van der Waals surface area contributed by atoms with Gasteiger partial charge in [-0.05, 0) is 82.6 Å². The zero-order chi connectivity index (χ0) is 38.0. The van der Waals surface area contributed by atoms with E-state index in [-0.39, 0.29) is 17.6 Å². The van der Waals surface area contributed by atoms with Gasteiger partial charge in [0, 0.05) is 50.3 Å². The molecule has 56 heavy (non-hydrogen) atoms. The number of nitrogens with one attached hydrogen (secondary N) is 2. The lowest BCUT2D eigenvalue weighted by atomic mass is 9.66. The van der Waals surface area contributed by atoms with E-state index in [2.05, 4.69) is 193 Å². The van der Waals surface area contributed by atoms with E-state index in [0.29, 0.717) is 5.92 Å². The molecule has 5 heteroatoms. The molecule has 0 spiro atoms. The molecule has 0 saturated heterocycles. The fourth-order valence-corrected chi connectivity index (χ4v) is 9.87. The van der Waals surface area contributed by atoms with Crippen LogP contribution in [0.5, 0.6) is 0 Å². The second-order valence-corrected chi connectivity index (χ2v) is 16.0. The molecule has 2 aliphatic heterocycles. The Kier molecular flexibility index (Phi) is 8.15. The molecule has 0 saturated carbocycles. The fourth-order valence-electron chi connectivity index (χ4n) is 9.87. The lowest BCUT2D eigenvalue weighted by Crippen LogP contribution is -2.87. The third-order valence-electron chi connectivity index (χ3n) is 12.3. The molecule has 3 unspecified atom stereocenters. The van der Waals surface area contributed by atoms with Crippen molar-refractivity contribution in [1.82, 2.24) is 9.88 Å². The first kappa shape index (κ1) is 34.1. The van der Waals surface area contributed by atoms with Gasteiger partial charge in [0.05, 0.1) is 11.6 Å². The van der Waals surface area contributed by atoms with Crippen LogP contribution in [-0.4, -0.2) is 4.57 Å². The molecule has 10 rings (SSSR count). The summed E-state index contributed by atoms with van der Waals surface area (Å²) in [6, 6.07) is 58.6. The number of nitrogens with two attached hydrogens (primary N) is 1. The summed E-state index contributed by atoms with van der Waals surface area (Å²) in [4.78, 5) is 0. The Bertz CT molecular complexity index is 2750. The molecule has 5 nitrogen and oxygen atoms in total. The van der Waals surface area contributed by atoms with Gasteiger partial charge in [-0.25, -0.2) is 0 Å². The number of nitrogens with zero attached hydrogens (tertiary/aromatic N) is 2. The molecule has 0 fully saturated rings. The zero-order valence-corrected chi connectivity index (χ0v) is 31.9. The maximum atomic E-state index is 10.7. The van der Waals surface area contributed by atoms with Crippen molar-refractivity contribution in [2.45, 2.75) is 44.8 Å². The molecular formula is C51H44N5+. The van der Waals surface area contributed by atoms with Gasteiger partial charge in [0.15, 0.2) is 11.9 Å². The topological polar surface area (TPSA) is 69.4 Å². The van der Waals surface area contributed by atoms with Crippen molar-refractivity contribution in [2.75, 3.05) is 5.32 Å².